The molecule has 0 radical (unpaired) electrons. The van der Waals surface area contributed by atoms with Gasteiger partial charge >= 0.3 is 0 Å². The fourth-order valence-electron chi connectivity index (χ4n) is 5.70. The lowest BCUT2D eigenvalue weighted by atomic mass is 10.0. The second-order valence-corrected chi connectivity index (χ2v) is 10.8. The number of carbonyl (C=O) groups excluding carboxylic acids is 2. The van der Waals surface area contributed by atoms with E-state index in [0.29, 0.717) is 19.6 Å². The maximum Gasteiger partial charge on any atom is 0.247 e. The van der Waals surface area contributed by atoms with Crippen LogP contribution in [-0.4, -0.2) is 63.3 Å². The van der Waals surface area contributed by atoms with Gasteiger partial charge in [0, 0.05) is 60.6 Å². The lowest BCUT2D eigenvalue weighted by molar-refractivity contribution is -0.160. The Labute approximate surface area is 209 Å². The molecule has 0 spiro atoms. The average molecular weight is 487 g/mol. The van der Waals surface area contributed by atoms with Crippen LogP contribution in [0.5, 0.6) is 0 Å². The normalized spacial score (nSPS) is 19.2. The Morgan fingerprint density at radius 2 is 1.80 bits per heavy atom. The molecular weight excluding hydrogens is 456 g/mol. The van der Waals surface area contributed by atoms with Gasteiger partial charge in [-0.3, -0.25) is 14.5 Å². The van der Waals surface area contributed by atoms with Gasteiger partial charge in [-0.2, -0.15) is 0 Å². The van der Waals surface area contributed by atoms with E-state index in [1.54, 1.807) is 16.2 Å². The van der Waals surface area contributed by atoms with E-state index in [-0.39, 0.29) is 18.4 Å². The summed E-state index contributed by atoms with van der Waals surface area (Å²) in [6.45, 7) is 5.57. The summed E-state index contributed by atoms with van der Waals surface area (Å²) in [4.78, 5) is 34.0. The number of para-hydroxylation sites is 1. The number of carbonyl (C=O) groups is 2. The molecule has 35 heavy (non-hydrogen) atoms. The Kier molecular flexibility index (Phi) is 5.61. The van der Waals surface area contributed by atoms with Crippen molar-refractivity contribution in [1.29, 1.82) is 0 Å². The van der Waals surface area contributed by atoms with Gasteiger partial charge in [0.2, 0.25) is 11.8 Å². The largest absolute Gasteiger partial charge is 0.346 e. The van der Waals surface area contributed by atoms with Crippen molar-refractivity contribution in [3.63, 3.8) is 0 Å². The standard InChI is InChI=1S/C28H30N4O2S/c1-3-25-22(21-9-5-7-11-26(21)35-25)16-31-18-27(33)32-13-12-30(17-24(32)28(31)34)15-20-14-19-8-4-6-10-23(19)29(20)2/h4-11,14,24H,3,12-13,15-18H2,1-2H3. The fourth-order valence-corrected chi connectivity index (χ4v) is 6.85. The van der Waals surface area contributed by atoms with Gasteiger partial charge < -0.3 is 14.4 Å². The fraction of sp³-hybridized carbons (Fsp3) is 0.357. The summed E-state index contributed by atoms with van der Waals surface area (Å²) in [5.41, 5.74) is 3.64. The van der Waals surface area contributed by atoms with Crippen molar-refractivity contribution < 1.29 is 9.59 Å². The second kappa shape index (κ2) is 8.81. The van der Waals surface area contributed by atoms with E-state index in [0.717, 1.165) is 19.5 Å². The first-order chi connectivity index (χ1) is 17.0. The SMILES string of the molecule is CCc1sc2ccccc2c1CN1CC(=O)N2CCN(Cc3cc4ccccc4n3C)CC2C1=O. The van der Waals surface area contributed by atoms with Crippen molar-refractivity contribution in [3.05, 3.63) is 70.7 Å². The Morgan fingerprint density at radius 3 is 2.63 bits per heavy atom. The quantitative estimate of drug-likeness (QED) is 0.428. The Bertz CT molecular complexity index is 1440. The summed E-state index contributed by atoms with van der Waals surface area (Å²) in [7, 11) is 2.10. The highest BCUT2D eigenvalue weighted by molar-refractivity contribution is 7.19. The van der Waals surface area contributed by atoms with Crippen LogP contribution in [0.15, 0.2) is 54.6 Å². The van der Waals surface area contributed by atoms with Crippen LogP contribution < -0.4 is 0 Å². The minimum absolute atomic E-state index is 0.0661. The molecule has 0 saturated carbocycles. The summed E-state index contributed by atoms with van der Waals surface area (Å²) in [5.74, 6) is 0.139. The molecule has 1 atom stereocenters. The first-order valence-electron chi connectivity index (χ1n) is 12.4. The number of nitrogens with zero attached hydrogens (tertiary/aromatic N) is 4. The topological polar surface area (TPSA) is 48.8 Å². The average Bonchev–Trinajstić information content (AvgIpc) is 3.39. The number of piperazine rings is 2. The number of hydrogen-bond acceptors (Lipinski definition) is 4. The molecule has 6 nitrogen and oxygen atoms in total. The highest BCUT2D eigenvalue weighted by atomic mass is 32.1. The molecule has 7 heteroatoms. The molecule has 2 saturated heterocycles. The summed E-state index contributed by atoms with van der Waals surface area (Å²) in [6.07, 6.45) is 0.930. The van der Waals surface area contributed by atoms with Gasteiger partial charge in [-0.15, -0.1) is 11.3 Å². The summed E-state index contributed by atoms with van der Waals surface area (Å²) >= 11 is 1.80. The van der Waals surface area contributed by atoms with Crippen LogP contribution in [0, 0.1) is 0 Å². The molecule has 6 rings (SSSR count). The van der Waals surface area contributed by atoms with Gasteiger partial charge in [0.05, 0.1) is 0 Å². The van der Waals surface area contributed by atoms with Gasteiger partial charge in [0.1, 0.15) is 12.6 Å². The molecule has 2 aromatic heterocycles. The van der Waals surface area contributed by atoms with Crippen molar-refractivity contribution >= 4 is 44.1 Å². The molecule has 2 aliphatic heterocycles. The van der Waals surface area contributed by atoms with Gasteiger partial charge in [0.15, 0.2) is 0 Å². The van der Waals surface area contributed by atoms with Gasteiger partial charge in [0.25, 0.3) is 0 Å². The van der Waals surface area contributed by atoms with E-state index >= 15 is 0 Å². The lowest BCUT2D eigenvalue weighted by Crippen LogP contribution is -2.66. The first kappa shape index (κ1) is 22.3. The van der Waals surface area contributed by atoms with Crippen LogP contribution in [-0.2, 0) is 36.1 Å². The lowest BCUT2D eigenvalue weighted by Gasteiger charge is -2.46. The van der Waals surface area contributed by atoms with Crippen LogP contribution in [0.3, 0.4) is 0 Å². The van der Waals surface area contributed by atoms with E-state index < -0.39 is 6.04 Å². The van der Waals surface area contributed by atoms with E-state index in [1.807, 2.05) is 4.90 Å². The summed E-state index contributed by atoms with van der Waals surface area (Å²) < 4.78 is 3.48. The van der Waals surface area contributed by atoms with Crippen LogP contribution >= 0.6 is 11.3 Å². The Morgan fingerprint density at radius 1 is 1.00 bits per heavy atom. The molecule has 4 heterocycles. The van der Waals surface area contributed by atoms with Crippen molar-refractivity contribution in [3.8, 4) is 0 Å². The molecule has 2 aromatic carbocycles. The van der Waals surface area contributed by atoms with Crippen LogP contribution in [0.25, 0.3) is 21.0 Å². The zero-order valence-corrected chi connectivity index (χ0v) is 21.1. The number of rotatable bonds is 5. The zero-order valence-electron chi connectivity index (χ0n) is 20.2. The Hall–Kier alpha value is -3.16. The number of thiophene rings is 1. The highest BCUT2D eigenvalue weighted by Crippen LogP contribution is 2.33. The molecule has 180 valence electrons. The van der Waals surface area contributed by atoms with Crippen molar-refractivity contribution in [2.75, 3.05) is 26.2 Å². The third-order valence-corrected chi connectivity index (χ3v) is 8.95. The van der Waals surface area contributed by atoms with Crippen molar-refractivity contribution in [2.45, 2.75) is 32.5 Å². The van der Waals surface area contributed by atoms with E-state index in [9.17, 15) is 9.59 Å². The highest BCUT2D eigenvalue weighted by Gasteiger charge is 2.42. The maximum atomic E-state index is 13.7. The molecule has 1 unspecified atom stereocenters. The number of amides is 2. The molecule has 0 bridgehead atoms. The second-order valence-electron chi connectivity index (χ2n) is 9.64. The smallest absolute Gasteiger partial charge is 0.247 e. The maximum absolute atomic E-state index is 13.7. The molecule has 2 amide bonds. The number of fused-ring (bicyclic) bond motifs is 3. The predicted molar refractivity (Wildman–Crippen MR) is 140 cm³/mol. The number of aryl methyl sites for hydroxylation is 2. The van der Waals surface area contributed by atoms with Crippen LogP contribution in [0.4, 0.5) is 0 Å². The minimum Gasteiger partial charge on any atom is -0.346 e. The van der Waals surface area contributed by atoms with E-state index in [1.165, 1.54) is 37.1 Å². The number of benzene rings is 2. The van der Waals surface area contributed by atoms with Crippen molar-refractivity contribution in [1.82, 2.24) is 19.3 Å². The summed E-state index contributed by atoms with van der Waals surface area (Å²) in [5, 5.41) is 2.44. The molecule has 2 fully saturated rings. The van der Waals surface area contributed by atoms with E-state index in [2.05, 4.69) is 78.0 Å². The van der Waals surface area contributed by atoms with Gasteiger partial charge in [-0.1, -0.05) is 43.3 Å². The predicted octanol–water partition coefficient (Wildman–Crippen LogP) is 4.01. The van der Waals surface area contributed by atoms with Crippen molar-refractivity contribution in [2.24, 2.45) is 7.05 Å². The minimum atomic E-state index is -0.408. The summed E-state index contributed by atoms with van der Waals surface area (Å²) in [6, 6.07) is 18.6. The van der Waals surface area contributed by atoms with Crippen LogP contribution in [0.2, 0.25) is 0 Å². The first-order valence-corrected chi connectivity index (χ1v) is 13.2. The molecule has 0 aliphatic carbocycles. The van der Waals surface area contributed by atoms with Gasteiger partial charge in [-0.05, 0) is 41.0 Å². The molecule has 2 aliphatic rings. The molecule has 4 aromatic rings. The zero-order chi connectivity index (χ0) is 24.1. The molecule has 0 N–H and O–H groups in total. The third kappa shape index (κ3) is 3.83. The van der Waals surface area contributed by atoms with E-state index in [4.69, 9.17) is 0 Å². The number of aromatic nitrogens is 1. The Balaban J connectivity index is 1.23. The monoisotopic (exact) mass is 486 g/mol. The molecular formula is C28H30N4O2S. The van der Waals surface area contributed by atoms with Crippen LogP contribution in [0.1, 0.15) is 23.1 Å². The third-order valence-electron chi connectivity index (χ3n) is 7.60. The van der Waals surface area contributed by atoms with Gasteiger partial charge in [-0.25, -0.2) is 0 Å². The number of hydrogen-bond donors (Lipinski definition) is 0.